The Kier molecular flexibility index (Phi) is 6.16. The lowest BCUT2D eigenvalue weighted by Gasteiger charge is -2.36. The second-order valence-corrected chi connectivity index (χ2v) is 9.56. The van der Waals surface area contributed by atoms with E-state index in [1.54, 1.807) is 12.1 Å². The molecule has 1 unspecified atom stereocenters. The lowest BCUT2D eigenvalue weighted by molar-refractivity contribution is -0.136. The van der Waals surface area contributed by atoms with E-state index in [0.29, 0.717) is 17.2 Å². The summed E-state index contributed by atoms with van der Waals surface area (Å²) in [6, 6.07) is 4.85. The molecule has 1 aromatic rings. The molecule has 5 rings (SSSR count). The lowest BCUT2D eigenvalue weighted by atomic mass is 9.97. The Balaban J connectivity index is 1.27. The van der Waals surface area contributed by atoms with Crippen molar-refractivity contribution in [1.82, 2.24) is 20.9 Å². The Bertz CT molecular complexity index is 974. The molecular formula is C24H31N5O4. The van der Waals surface area contributed by atoms with E-state index in [1.165, 1.54) is 12.8 Å². The van der Waals surface area contributed by atoms with Crippen molar-refractivity contribution < 1.29 is 19.2 Å². The van der Waals surface area contributed by atoms with Crippen molar-refractivity contribution in [1.29, 1.82) is 0 Å². The number of rotatable bonds is 5. The molecule has 3 N–H and O–H groups in total. The number of amides is 4. The molecule has 0 saturated carbocycles. The standard InChI is InChI=1S/C24H31N5O4/c30-21-6-5-20(22(31)27-21)29-23(32)18-4-3-17(12-19(18)24(29)33)28-11-1-2-16(14-28)26-13-15-7-9-25-10-8-15/h3-4,12,15-16,20,25-26H,1-2,5-11,13-14H2,(H,27,30,31)/t16-,20?/m0/s1. The summed E-state index contributed by atoms with van der Waals surface area (Å²) in [4.78, 5) is 53.1. The van der Waals surface area contributed by atoms with Crippen molar-refractivity contribution in [3.63, 3.8) is 0 Å². The Morgan fingerprint density at radius 2 is 1.76 bits per heavy atom. The van der Waals surface area contributed by atoms with Crippen LogP contribution >= 0.6 is 0 Å². The van der Waals surface area contributed by atoms with Gasteiger partial charge in [0.2, 0.25) is 11.8 Å². The number of anilines is 1. The number of nitrogens with one attached hydrogen (secondary N) is 3. The van der Waals surface area contributed by atoms with Crippen molar-refractivity contribution in [2.75, 3.05) is 37.6 Å². The van der Waals surface area contributed by atoms with Gasteiger partial charge in [0.1, 0.15) is 6.04 Å². The maximum Gasteiger partial charge on any atom is 0.262 e. The van der Waals surface area contributed by atoms with Crippen LogP contribution in [0.2, 0.25) is 0 Å². The van der Waals surface area contributed by atoms with E-state index in [0.717, 1.165) is 62.1 Å². The highest BCUT2D eigenvalue weighted by Crippen LogP contribution is 2.31. The van der Waals surface area contributed by atoms with Crippen molar-refractivity contribution in [3.05, 3.63) is 29.3 Å². The summed E-state index contributed by atoms with van der Waals surface area (Å²) in [5.41, 5.74) is 1.59. The first-order valence-electron chi connectivity index (χ1n) is 12.1. The zero-order valence-corrected chi connectivity index (χ0v) is 18.8. The molecule has 1 aromatic carbocycles. The molecule has 9 heteroatoms. The van der Waals surface area contributed by atoms with Crippen LogP contribution in [0.25, 0.3) is 0 Å². The van der Waals surface area contributed by atoms with Gasteiger partial charge in [-0.2, -0.15) is 0 Å². The highest BCUT2D eigenvalue weighted by atomic mass is 16.2. The maximum atomic E-state index is 13.1. The highest BCUT2D eigenvalue weighted by molar-refractivity contribution is 6.23. The normalized spacial score (nSPS) is 26.5. The fourth-order valence-corrected chi connectivity index (χ4v) is 5.45. The average Bonchev–Trinajstić information content (AvgIpc) is 3.08. The summed E-state index contributed by atoms with van der Waals surface area (Å²) in [6.07, 6.45) is 4.92. The minimum atomic E-state index is -0.933. The number of carbonyl (C=O) groups is 4. The molecule has 0 bridgehead atoms. The molecule has 176 valence electrons. The number of carbonyl (C=O) groups excluding carboxylic acids is 4. The Labute approximate surface area is 193 Å². The van der Waals surface area contributed by atoms with Gasteiger partial charge in [-0.05, 0) is 75.9 Å². The molecule has 0 aliphatic carbocycles. The molecule has 4 amide bonds. The first kappa shape index (κ1) is 22.0. The topological polar surface area (TPSA) is 111 Å². The van der Waals surface area contributed by atoms with Gasteiger partial charge in [-0.3, -0.25) is 29.4 Å². The third kappa shape index (κ3) is 4.39. The Hall–Kier alpha value is -2.78. The fraction of sp³-hybridized carbons (Fsp3) is 0.583. The van der Waals surface area contributed by atoms with E-state index in [9.17, 15) is 19.2 Å². The minimum absolute atomic E-state index is 0.120. The summed E-state index contributed by atoms with van der Waals surface area (Å²) in [5.74, 6) is -1.15. The van der Waals surface area contributed by atoms with Gasteiger partial charge in [0.15, 0.2) is 0 Å². The summed E-state index contributed by atoms with van der Waals surface area (Å²) in [7, 11) is 0. The first-order chi connectivity index (χ1) is 16.0. The number of hydrogen-bond donors (Lipinski definition) is 3. The van der Waals surface area contributed by atoms with Gasteiger partial charge in [0.05, 0.1) is 11.1 Å². The van der Waals surface area contributed by atoms with Crippen LogP contribution in [0.3, 0.4) is 0 Å². The number of nitrogens with zero attached hydrogens (tertiary/aromatic N) is 2. The van der Waals surface area contributed by atoms with Gasteiger partial charge in [0, 0.05) is 31.2 Å². The van der Waals surface area contributed by atoms with Crippen molar-refractivity contribution in [2.45, 2.75) is 50.6 Å². The van der Waals surface area contributed by atoms with E-state index in [4.69, 9.17) is 0 Å². The molecule has 0 aromatic heterocycles. The third-order valence-corrected chi connectivity index (χ3v) is 7.36. The molecular weight excluding hydrogens is 422 g/mol. The SMILES string of the molecule is O=C1CCC(N2C(=O)c3ccc(N4CCC[C@H](NCC5CCNCC5)C4)cc3C2=O)C(=O)N1. The fourth-order valence-electron chi connectivity index (χ4n) is 5.45. The van der Waals surface area contributed by atoms with Crippen LogP contribution in [0.1, 0.15) is 59.2 Å². The second-order valence-electron chi connectivity index (χ2n) is 9.56. The molecule has 0 radical (unpaired) electrons. The van der Waals surface area contributed by atoms with Gasteiger partial charge in [0.25, 0.3) is 11.8 Å². The van der Waals surface area contributed by atoms with Crippen molar-refractivity contribution in [3.8, 4) is 0 Å². The molecule has 4 aliphatic heterocycles. The van der Waals surface area contributed by atoms with E-state index in [2.05, 4.69) is 20.9 Å². The third-order valence-electron chi connectivity index (χ3n) is 7.36. The first-order valence-corrected chi connectivity index (χ1v) is 12.1. The molecule has 3 fully saturated rings. The summed E-state index contributed by atoms with van der Waals surface area (Å²) in [5, 5.41) is 9.39. The predicted molar refractivity (Wildman–Crippen MR) is 122 cm³/mol. The van der Waals surface area contributed by atoms with Gasteiger partial charge >= 0.3 is 0 Å². The molecule has 0 spiro atoms. The summed E-state index contributed by atoms with van der Waals surface area (Å²) >= 11 is 0. The van der Waals surface area contributed by atoms with E-state index >= 15 is 0 Å². The Morgan fingerprint density at radius 3 is 2.55 bits per heavy atom. The molecule has 9 nitrogen and oxygen atoms in total. The van der Waals surface area contributed by atoms with Gasteiger partial charge < -0.3 is 15.5 Å². The Morgan fingerprint density at radius 1 is 0.970 bits per heavy atom. The monoisotopic (exact) mass is 453 g/mol. The zero-order valence-electron chi connectivity index (χ0n) is 18.8. The van der Waals surface area contributed by atoms with Crippen LogP contribution in [0, 0.1) is 5.92 Å². The molecule has 2 atom stereocenters. The molecule has 33 heavy (non-hydrogen) atoms. The molecule has 4 heterocycles. The average molecular weight is 454 g/mol. The van der Waals surface area contributed by atoms with E-state index in [1.807, 2.05) is 6.07 Å². The number of hydrogen-bond acceptors (Lipinski definition) is 7. The number of imide groups is 2. The zero-order chi connectivity index (χ0) is 22.9. The summed E-state index contributed by atoms with van der Waals surface area (Å²) < 4.78 is 0. The largest absolute Gasteiger partial charge is 0.370 e. The molecule has 3 saturated heterocycles. The predicted octanol–water partition coefficient (Wildman–Crippen LogP) is 0.646. The quantitative estimate of drug-likeness (QED) is 0.562. The van der Waals surface area contributed by atoms with Gasteiger partial charge in [-0.15, -0.1) is 0 Å². The summed E-state index contributed by atoms with van der Waals surface area (Å²) in [6.45, 7) is 5.01. The number of piperidine rings is 3. The van der Waals surface area contributed by atoms with E-state index in [-0.39, 0.29) is 18.7 Å². The van der Waals surface area contributed by atoms with Crippen molar-refractivity contribution >= 4 is 29.3 Å². The number of fused-ring (bicyclic) bond motifs is 1. The van der Waals surface area contributed by atoms with Crippen LogP contribution in [0.15, 0.2) is 18.2 Å². The molecule has 4 aliphatic rings. The maximum absolute atomic E-state index is 13.1. The van der Waals surface area contributed by atoms with Crippen LogP contribution in [-0.4, -0.2) is 73.3 Å². The van der Waals surface area contributed by atoms with Crippen molar-refractivity contribution in [2.24, 2.45) is 5.92 Å². The minimum Gasteiger partial charge on any atom is -0.370 e. The number of benzene rings is 1. The second kappa shape index (κ2) is 9.23. The van der Waals surface area contributed by atoms with Crippen LogP contribution < -0.4 is 20.9 Å². The van der Waals surface area contributed by atoms with E-state index < -0.39 is 23.8 Å². The lowest BCUT2D eigenvalue weighted by Crippen LogP contribution is -2.54. The van der Waals surface area contributed by atoms with Crippen LogP contribution in [-0.2, 0) is 9.59 Å². The van der Waals surface area contributed by atoms with Crippen LogP contribution in [0.5, 0.6) is 0 Å². The smallest absolute Gasteiger partial charge is 0.262 e. The van der Waals surface area contributed by atoms with Gasteiger partial charge in [-0.1, -0.05) is 0 Å². The van der Waals surface area contributed by atoms with Gasteiger partial charge in [-0.25, -0.2) is 0 Å². The highest BCUT2D eigenvalue weighted by Gasteiger charge is 2.44. The van der Waals surface area contributed by atoms with Crippen LogP contribution in [0.4, 0.5) is 5.69 Å².